The van der Waals surface area contributed by atoms with Crippen LogP contribution in [0.4, 0.5) is 0 Å². The van der Waals surface area contributed by atoms with Crippen molar-refractivity contribution >= 4 is 33.0 Å². The van der Waals surface area contributed by atoms with Crippen LogP contribution in [0.25, 0.3) is 33.0 Å². The Hall–Kier alpha value is -2.49. The number of hydrogen-bond acceptors (Lipinski definition) is 2. The molecule has 4 aromatic rings. The molecule has 4 nitrogen and oxygen atoms in total. The quantitative estimate of drug-likeness (QED) is 0.482. The lowest BCUT2D eigenvalue weighted by atomic mass is 10.1. The van der Waals surface area contributed by atoms with Crippen LogP contribution in [0.5, 0.6) is 0 Å². The maximum atomic E-state index is 11.2. The van der Waals surface area contributed by atoms with Crippen LogP contribution in [-0.4, -0.2) is 9.97 Å². The first-order chi connectivity index (χ1) is 8.31. The van der Waals surface area contributed by atoms with Crippen LogP contribution < -0.4 is 5.69 Å². The summed E-state index contributed by atoms with van der Waals surface area (Å²) in [6.07, 6.45) is 0. The van der Waals surface area contributed by atoms with Gasteiger partial charge in [0.15, 0.2) is 0 Å². The Morgan fingerprint density at radius 3 is 2.53 bits per heavy atom. The van der Waals surface area contributed by atoms with Gasteiger partial charge in [-0.15, -0.1) is 0 Å². The van der Waals surface area contributed by atoms with Crippen molar-refractivity contribution in [2.45, 2.75) is 0 Å². The molecule has 0 unspecified atom stereocenters. The molecule has 0 aliphatic rings. The molecule has 0 spiro atoms. The van der Waals surface area contributed by atoms with Gasteiger partial charge in [-0.1, -0.05) is 18.2 Å². The molecule has 2 heterocycles. The lowest BCUT2D eigenvalue weighted by Gasteiger charge is -1.89. The molecule has 17 heavy (non-hydrogen) atoms. The summed E-state index contributed by atoms with van der Waals surface area (Å²) in [5.74, 6) is 0. The number of hydrogen-bond donors (Lipinski definition) is 2. The predicted octanol–water partition coefficient (Wildman–Crippen LogP) is 2.76. The fraction of sp³-hybridized carbons (Fsp3) is 0. The molecule has 0 fully saturated rings. The molecule has 0 bridgehead atoms. The van der Waals surface area contributed by atoms with Crippen molar-refractivity contribution in [3.63, 3.8) is 0 Å². The average molecular weight is 224 g/mol. The SMILES string of the molecule is O=c1[nH]c2cc3oc4ccccc4c3cc2[nH]1. The van der Waals surface area contributed by atoms with Gasteiger partial charge in [0, 0.05) is 16.8 Å². The highest BCUT2D eigenvalue weighted by Gasteiger charge is 2.08. The molecule has 0 aliphatic carbocycles. The van der Waals surface area contributed by atoms with Gasteiger partial charge in [0.1, 0.15) is 11.2 Å². The number of benzene rings is 2. The number of imidazole rings is 1. The summed E-state index contributed by atoms with van der Waals surface area (Å²) < 4.78 is 5.73. The monoisotopic (exact) mass is 224 g/mol. The van der Waals surface area contributed by atoms with E-state index in [0.29, 0.717) is 0 Å². The van der Waals surface area contributed by atoms with E-state index in [9.17, 15) is 4.79 Å². The number of para-hydroxylation sites is 1. The van der Waals surface area contributed by atoms with Crippen LogP contribution >= 0.6 is 0 Å². The fourth-order valence-corrected chi connectivity index (χ4v) is 2.25. The second-order valence-corrected chi connectivity index (χ2v) is 4.07. The number of aromatic nitrogens is 2. The normalized spacial score (nSPS) is 11.8. The van der Waals surface area contributed by atoms with Crippen molar-refractivity contribution in [1.82, 2.24) is 9.97 Å². The Morgan fingerprint density at radius 1 is 0.882 bits per heavy atom. The maximum Gasteiger partial charge on any atom is 0.323 e. The zero-order chi connectivity index (χ0) is 11.4. The van der Waals surface area contributed by atoms with Gasteiger partial charge in [0.25, 0.3) is 0 Å². The second-order valence-electron chi connectivity index (χ2n) is 4.07. The van der Waals surface area contributed by atoms with Crippen molar-refractivity contribution in [2.75, 3.05) is 0 Å². The molecular formula is C13H8N2O2. The Labute approximate surface area is 94.9 Å². The van der Waals surface area contributed by atoms with E-state index in [2.05, 4.69) is 9.97 Å². The number of H-pyrrole nitrogens is 2. The van der Waals surface area contributed by atoms with Gasteiger partial charge in [-0.3, -0.25) is 0 Å². The van der Waals surface area contributed by atoms with Gasteiger partial charge in [-0.25, -0.2) is 4.79 Å². The lowest BCUT2D eigenvalue weighted by molar-refractivity contribution is 0.669. The fourth-order valence-electron chi connectivity index (χ4n) is 2.25. The molecule has 82 valence electrons. The minimum atomic E-state index is -0.197. The predicted molar refractivity (Wildman–Crippen MR) is 66.2 cm³/mol. The van der Waals surface area contributed by atoms with Crippen LogP contribution in [-0.2, 0) is 0 Å². The van der Waals surface area contributed by atoms with Gasteiger partial charge >= 0.3 is 5.69 Å². The van der Waals surface area contributed by atoms with Crippen LogP contribution in [0, 0.1) is 0 Å². The molecule has 4 rings (SSSR count). The summed E-state index contributed by atoms with van der Waals surface area (Å²) in [7, 11) is 0. The molecule has 2 N–H and O–H groups in total. The molecule has 0 amide bonds. The first kappa shape index (κ1) is 8.64. The van der Waals surface area contributed by atoms with Gasteiger partial charge in [0.05, 0.1) is 11.0 Å². The molecule has 0 saturated heterocycles. The Balaban J connectivity index is 2.30. The zero-order valence-electron chi connectivity index (χ0n) is 8.78. The standard InChI is InChI=1S/C13H8N2O2/c16-13-14-9-5-8-7-3-1-2-4-11(7)17-12(8)6-10(9)15-13/h1-6H,(H2,14,15,16). The highest BCUT2D eigenvalue weighted by molar-refractivity contribution is 6.08. The van der Waals surface area contributed by atoms with E-state index in [-0.39, 0.29) is 5.69 Å². The van der Waals surface area contributed by atoms with Gasteiger partial charge < -0.3 is 14.4 Å². The number of nitrogens with one attached hydrogen (secondary N) is 2. The third kappa shape index (κ3) is 1.09. The van der Waals surface area contributed by atoms with E-state index in [1.807, 2.05) is 36.4 Å². The van der Waals surface area contributed by atoms with E-state index >= 15 is 0 Å². The largest absolute Gasteiger partial charge is 0.456 e. The van der Waals surface area contributed by atoms with Crippen molar-refractivity contribution in [3.05, 3.63) is 46.9 Å². The molecule has 2 aromatic carbocycles. The first-order valence-corrected chi connectivity index (χ1v) is 5.34. The summed E-state index contributed by atoms with van der Waals surface area (Å²) in [5, 5.41) is 2.08. The zero-order valence-corrected chi connectivity index (χ0v) is 8.78. The van der Waals surface area contributed by atoms with E-state index in [4.69, 9.17) is 4.42 Å². The highest BCUT2D eigenvalue weighted by atomic mass is 16.3. The van der Waals surface area contributed by atoms with E-state index in [1.165, 1.54) is 0 Å². The average Bonchev–Trinajstić information content (AvgIpc) is 2.84. The summed E-state index contributed by atoms with van der Waals surface area (Å²) in [4.78, 5) is 16.7. The lowest BCUT2D eigenvalue weighted by Crippen LogP contribution is -1.99. The molecule has 0 radical (unpaired) electrons. The molecule has 0 atom stereocenters. The third-order valence-corrected chi connectivity index (χ3v) is 3.01. The van der Waals surface area contributed by atoms with Crippen LogP contribution in [0.15, 0.2) is 45.6 Å². The minimum Gasteiger partial charge on any atom is -0.456 e. The van der Waals surface area contributed by atoms with Crippen LogP contribution in [0.1, 0.15) is 0 Å². The van der Waals surface area contributed by atoms with Gasteiger partial charge in [-0.2, -0.15) is 0 Å². The van der Waals surface area contributed by atoms with Crippen molar-refractivity contribution in [2.24, 2.45) is 0 Å². The van der Waals surface area contributed by atoms with Gasteiger partial charge in [0.2, 0.25) is 0 Å². The number of fused-ring (bicyclic) bond motifs is 4. The smallest absolute Gasteiger partial charge is 0.323 e. The van der Waals surface area contributed by atoms with Crippen LogP contribution in [0.2, 0.25) is 0 Å². The van der Waals surface area contributed by atoms with E-state index < -0.39 is 0 Å². The third-order valence-electron chi connectivity index (χ3n) is 3.01. The Morgan fingerprint density at radius 2 is 1.65 bits per heavy atom. The topological polar surface area (TPSA) is 61.8 Å². The number of aromatic amines is 2. The minimum absolute atomic E-state index is 0.197. The summed E-state index contributed by atoms with van der Waals surface area (Å²) in [6, 6.07) is 11.7. The van der Waals surface area contributed by atoms with Crippen molar-refractivity contribution in [1.29, 1.82) is 0 Å². The molecule has 0 aliphatic heterocycles. The van der Waals surface area contributed by atoms with Crippen molar-refractivity contribution in [3.8, 4) is 0 Å². The van der Waals surface area contributed by atoms with E-state index in [0.717, 1.165) is 33.0 Å². The second kappa shape index (κ2) is 2.79. The highest BCUT2D eigenvalue weighted by Crippen LogP contribution is 2.30. The molecule has 4 heteroatoms. The van der Waals surface area contributed by atoms with Crippen LogP contribution in [0.3, 0.4) is 0 Å². The van der Waals surface area contributed by atoms with Gasteiger partial charge in [-0.05, 0) is 12.1 Å². The Bertz CT molecular complexity index is 911. The van der Waals surface area contributed by atoms with E-state index in [1.54, 1.807) is 0 Å². The summed E-state index contributed by atoms with van der Waals surface area (Å²) in [6.45, 7) is 0. The number of furan rings is 1. The molecule has 0 saturated carbocycles. The molecular weight excluding hydrogens is 216 g/mol. The summed E-state index contributed by atoms with van der Waals surface area (Å²) >= 11 is 0. The first-order valence-electron chi connectivity index (χ1n) is 5.34. The van der Waals surface area contributed by atoms with Crippen molar-refractivity contribution < 1.29 is 4.42 Å². The Kier molecular flexibility index (Phi) is 1.42. The molecule has 2 aromatic heterocycles. The maximum absolute atomic E-state index is 11.2. The number of rotatable bonds is 0. The summed E-state index contributed by atoms with van der Waals surface area (Å²) in [5.41, 5.74) is 3.01.